The van der Waals surface area contributed by atoms with E-state index in [2.05, 4.69) is 42.2 Å². The van der Waals surface area contributed by atoms with Gasteiger partial charge in [-0.05, 0) is 56.6 Å². The van der Waals surface area contributed by atoms with Crippen molar-refractivity contribution in [2.75, 3.05) is 32.7 Å². The summed E-state index contributed by atoms with van der Waals surface area (Å²) < 4.78 is 0. The average molecular weight is 416 g/mol. The van der Waals surface area contributed by atoms with Crippen molar-refractivity contribution in [3.63, 3.8) is 0 Å². The van der Waals surface area contributed by atoms with E-state index in [4.69, 9.17) is 5.73 Å². The van der Waals surface area contributed by atoms with Crippen LogP contribution >= 0.6 is 24.8 Å². The minimum Gasteiger partial charge on any atom is -0.341 e. The lowest BCUT2D eigenvalue weighted by Crippen LogP contribution is -2.57. The van der Waals surface area contributed by atoms with Crippen LogP contribution in [0, 0.1) is 5.41 Å². The average Bonchev–Trinajstić information content (AvgIpc) is 2.61. The van der Waals surface area contributed by atoms with Gasteiger partial charge in [0.2, 0.25) is 5.91 Å². The Balaban J connectivity index is 0.00000182. The maximum absolute atomic E-state index is 12.5. The molecule has 2 aliphatic rings. The molecule has 0 saturated carbocycles. The fourth-order valence-corrected chi connectivity index (χ4v) is 4.65. The minimum absolute atomic E-state index is 0. The predicted molar refractivity (Wildman–Crippen MR) is 117 cm³/mol. The largest absolute Gasteiger partial charge is 0.341 e. The van der Waals surface area contributed by atoms with Crippen molar-refractivity contribution >= 4 is 30.7 Å². The molecule has 2 saturated heterocycles. The summed E-state index contributed by atoms with van der Waals surface area (Å²) in [7, 11) is 0. The SMILES string of the molecule is CCN1CC(c2ccccc2)CC2(CCN(C(=O)C(C)(C)N)CC2)C1.Cl.Cl. The summed E-state index contributed by atoms with van der Waals surface area (Å²) in [5, 5.41) is 0. The molecule has 1 spiro atoms. The van der Waals surface area contributed by atoms with E-state index in [0.29, 0.717) is 11.3 Å². The first-order chi connectivity index (χ1) is 11.8. The highest BCUT2D eigenvalue weighted by Crippen LogP contribution is 2.45. The molecule has 3 rings (SSSR count). The van der Waals surface area contributed by atoms with Crippen LogP contribution in [0.25, 0.3) is 0 Å². The highest BCUT2D eigenvalue weighted by molar-refractivity contribution is 5.86. The number of hydrogen-bond acceptors (Lipinski definition) is 3. The highest BCUT2D eigenvalue weighted by Gasteiger charge is 2.43. The Morgan fingerprint density at radius 3 is 2.30 bits per heavy atom. The van der Waals surface area contributed by atoms with Gasteiger partial charge in [-0.2, -0.15) is 0 Å². The van der Waals surface area contributed by atoms with Gasteiger partial charge in [0, 0.05) is 26.2 Å². The van der Waals surface area contributed by atoms with E-state index in [9.17, 15) is 4.79 Å². The topological polar surface area (TPSA) is 49.6 Å². The number of rotatable bonds is 3. The van der Waals surface area contributed by atoms with Gasteiger partial charge in [-0.15, -0.1) is 24.8 Å². The van der Waals surface area contributed by atoms with E-state index in [1.54, 1.807) is 0 Å². The smallest absolute Gasteiger partial charge is 0.242 e. The van der Waals surface area contributed by atoms with Gasteiger partial charge < -0.3 is 15.5 Å². The first-order valence-corrected chi connectivity index (χ1v) is 9.68. The third-order valence-electron chi connectivity index (χ3n) is 6.10. The normalized spacial score (nSPS) is 22.7. The van der Waals surface area contributed by atoms with Crippen LogP contribution in [0.4, 0.5) is 0 Å². The molecule has 4 nitrogen and oxygen atoms in total. The van der Waals surface area contributed by atoms with Crippen LogP contribution in [0.15, 0.2) is 30.3 Å². The van der Waals surface area contributed by atoms with E-state index in [1.807, 2.05) is 18.7 Å². The number of nitrogens with two attached hydrogens (primary N) is 1. The van der Waals surface area contributed by atoms with Gasteiger partial charge in [0.15, 0.2) is 0 Å². The van der Waals surface area contributed by atoms with Gasteiger partial charge >= 0.3 is 0 Å². The second-order valence-electron chi connectivity index (χ2n) is 8.65. The fraction of sp³-hybridized carbons (Fsp3) is 0.667. The van der Waals surface area contributed by atoms with E-state index < -0.39 is 5.54 Å². The molecule has 0 bridgehead atoms. The maximum atomic E-state index is 12.5. The molecule has 27 heavy (non-hydrogen) atoms. The zero-order valence-electron chi connectivity index (χ0n) is 16.8. The lowest BCUT2D eigenvalue weighted by molar-refractivity contribution is -0.139. The van der Waals surface area contributed by atoms with Crippen LogP contribution < -0.4 is 5.73 Å². The van der Waals surface area contributed by atoms with Crippen molar-refractivity contribution in [3.05, 3.63) is 35.9 Å². The Labute approximate surface area is 176 Å². The summed E-state index contributed by atoms with van der Waals surface area (Å²) >= 11 is 0. The Hall–Kier alpha value is -0.810. The summed E-state index contributed by atoms with van der Waals surface area (Å²) in [6.45, 7) is 11.0. The van der Waals surface area contributed by atoms with Gasteiger partial charge in [0.05, 0.1) is 5.54 Å². The molecule has 2 aliphatic heterocycles. The summed E-state index contributed by atoms with van der Waals surface area (Å²) in [5.74, 6) is 0.688. The molecule has 0 aromatic heterocycles. The standard InChI is InChI=1S/C21H33N3O.2ClH/c1-4-23-15-18(17-8-6-5-7-9-17)14-21(16-23)10-12-24(13-11-21)19(25)20(2,3)22;;/h5-9,18H,4,10-16,22H2,1-3H3;2*1H. The molecule has 1 atom stereocenters. The van der Waals surface area contributed by atoms with Crippen LogP contribution in [0.1, 0.15) is 51.5 Å². The van der Waals surface area contributed by atoms with Crippen molar-refractivity contribution in [2.24, 2.45) is 11.1 Å². The van der Waals surface area contributed by atoms with Gasteiger partial charge in [0.1, 0.15) is 0 Å². The first-order valence-electron chi connectivity index (χ1n) is 9.68. The monoisotopic (exact) mass is 415 g/mol. The van der Waals surface area contributed by atoms with Gasteiger partial charge in [-0.3, -0.25) is 4.79 Å². The zero-order valence-corrected chi connectivity index (χ0v) is 18.5. The van der Waals surface area contributed by atoms with Crippen molar-refractivity contribution < 1.29 is 4.79 Å². The number of halogens is 2. The fourth-order valence-electron chi connectivity index (χ4n) is 4.65. The molecule has 1 aromatic carbocycles. The van der Waals surface area contributed by atoms with Crippen LogP contribution in [0.2, 0.25) is 0 Å². The Bertz CT molecular complexity index is 595. The summed E-state index contributed by atoms with van der Waals surface area (Å²) in [6.07, 6.45) is 3.42. The minimum atomic E-state index is -0.765. The molecular formula is C21H35Cl2N3O. The second-order valence-corrected chi connectivity index (χ2v) is 8.65. The quantitative estimate of drug-likeness (QED) is 0.818. The third kappa shape index (κ3) is 5.60. The lowest BCUT2D eigenvalue weighted by atomic mass is 9.68. The number of carbonyl (C=O) groups is 1. The van der Waals surface area contributed by atoms with Crippen LogP contribution in [-0.4, -0.2) is 54.0 Å². The number of carbonyl (C=O) groups excluding carboxylic acids is 1. The number of nitrogens with zero attached hydrogens (tertiary/aromatic N) is 2. The van der Waals surface area contributed by atoms with Crippen LogP contribution in [0.5, 0.6) is 0 Å². The van der Waals surface area contributed by atoms with Gasteiger partial charge in [0.25, 0.3) is 0 Å². The Morgan fingerprint density at radius 2 is 1.78 bits per heavy atom. The molecule has 1 unspecified atom stereocenters. The molecule has 1 aromatic rings. The second kappa shape index (κ2) is 9.60. The van der Waals surface area contributed by atoms with E-state index in [0.717, 1.165) is 39.0 Å². The molecule has 0 aliphatic carbocycles. The highest BCUT2D eigenvalue weighted by atomic mass is 35.5. The molecule has 1 amide bonds. The molecule has 154 valence electrons. The number of benzene rings is 1. The van der Waals surface area contributed by atoms with Gasteiger partial charge in [-0.1, -0.05) is 37.3 Å². The Kier molecular flexibility index (Phi) is 8.61. The van der Waals surface area contributed by atoms with E-state index in [-0.39, 0.29) is 30.7 Å². The molecule has 2 fully saturated rings. The van der Waals surface area contributed by atoms with Gasteiger partial charge in [-0.25, -0.2) is 0 Å². The number of hydrogen-bond donors (Lipinski definition) is 1. The number of amides is 1. The lowest BCUT2D eigenvalue weighted by Gasteiger charge is -2.50. The molecular weight excluding hydrogens is 381 g/mol. The van der Waals surface area contributed by atoms with Crippen molar-refractivity contribution in [2.45, 2.75) is 51.5 Å². The molecule has 6 heteroatoms. The van der Waals surface area contributed by atoms with Crippen LogP contribution in [0.3, 0.4) is 0 Å². The maximum Gasteiger partial charge on any atom is 0.242 e. The molecule has 2 N–H and O–H groups in total. The molecule has 0 radical (unpaired) electrons. The van der Waals surface area contributed by atoms with E-state index >= 15 is 0 Å². The number of likely N-dealkylation sites (N-methyl/N-ethyl adjacent to an activating group) is 1. The van der Waals surface area contributed by atoms with E-state index in [1.165, 1.54) is 18.5 Å². The van der Waals surface area contributed by atoms with Crippen LogP contribution in [-0.2, 0) is 4.79 Å². The summed E-state index contributed by atoms with van der Waals surface area (Å²) in [6, 6.07) is 10.9. The summed E-state index contributed by atoms with van der Waals surface area (Å²) in [4.78, 5) is 17.1. The van der Waals surface area contributed by atoms with Crippen molar-refractivity contribution in [1.82, 2.24) is 9.80 Å². The van der Waals surface area contributed by atoms with Crippen molar-refractivity contribution in [3.8, 4) is 0 Å². The summed E-state index contributed by atoms with van der Waals surface area (Å²) in [5.41, 5.74) is 7.05. The number of likely N-dealkylation sites (tertiary alicyclic amines) is 2. The predicted octanol–water partition coefficient (Wildman–Crippen LogP) is 3.69. The number of piperidine rings is 2. The Morgan fingerprint density at radius 1 is 1.19 bits per heavy atom. The molecule has 2 heterocycles. The zero-order chi connectivity index (χ0) is 18.1. The third-order valence-corrected chi connectivity index (χ3v) is 6.10. The van der Waals surface area contributed by atoms with Crippen molar-refractivity contribution in [1.29, 1.82) is 0 Å². The first kappa shape index (κ1) is 24.2.